The largest absolute Gasteiger partial charge is 0.330 e. The molecule has 0 aliphatic rings. The second-order valence-electron chi connectivity index (χ2n) is 2.34. The van der Waals surface area contributed by atoms with Crippen molar-refractivity contribution >= 4 is 27.3 Å². The van der Waals surface area contributed by atoms with Gasteiger partial charge in [0.05, 0.1) is 5.69 Å². The molecule has 0 bridgehead atoms. The Kier molecular flexibility index (Phi) is 4.04. The molecular formula is C7H11BrN2S. The molecule has 0 aliphatic heterocycles. The van der Waals surface area contributed by atoms with E-state index in [0.717, 1.165) is 29.7 Å². The fraction of sp³-hybridized carbons (Fsp3) is 0.571. The molecule has 1 aromatic rings. The van der Waals surface area contributed by atoms with Crippen LogP contribution in [0.3, 0.4) is 0 Å². The molecule has 1 rings (SSSR count). The van der Waals surface area contributed by atoms with Gasteiger partial charge in [-0.15, -0.1) is 11.3 Å². The molecule has 0 aliphatic carbocycles. The van der Waals surface area contributed by atoms with E-state index in [0.29, 0.717) is 0 Å². The van der Waals surface area contributed by atoms with Crippen molar-refractivity contribution in [3.05, 3.63) is 15.0 Å². The third-order valence-electron chi connectivity index (χ3n) is 1.41. The number of nitrogens with two attached hydrogens (primary N) is 1. The van der Waals surface area contributed by atoms with Gasteiger partial charge in [0, 0.05) is 5.38 Å². The van der Waals surface area contributed by atoms with Crippen LogP contribution in [0.15, 0.2) is 9.30 Å². The number of aromatic nitrogens is 1. The van der Waals surface area contributed by atoms with Crippen LogP contribution >= 0.6 is 27.3 Å². The second-order valence-corrected chi connectivity index (χ2v) is 4.47. The molecule has 62 valence electrons. The molecule has 0 aromatic carbocycles. The zero-order valence-corrected chi connectivity index (χ0v) is 8.62. The van der Waals surface area contributed by atoms with Crippen molar-refractivity contribution in [2.45, 2.75) is 19.3 Å². The van der Waals surface area contributed by atoms with Crippen molar-refractivity contribution in [3.63, 3.8) is 0 Å². The molecule has 0 fully saturated rings. The van der Waals surface area contributed by atoms with Crippen molar-refractivity contribution in [1.82, 2.24) is 4.98 Å². The molecule has 1 heterocycles. The molecule has 1 aromatic heterocycles. The lowest BCUT2D eigenvalue weighted by Crippen LogP contribution is -1.98. The van der Waals surface area contributed by atoms with Crippen molar-refractivity contribution in [3.8, 4) is 0 Å². The standard InChI is InChI=1S/C7H11BrN2S/c8-7-10-6(5-11-7)3-1-2-4-9/h5H,1-4,9H2. The molecule has 0 saturated carbocycles. The number of halogens is 1. The van der Waals surface area contributed by atoms with Gasteiger partial charge in [0.2, 0.25) is 0 Å². The normalized spacial score (nSPS) is 10.4. The van der Waals surface area contributed by atoms with E-state index < -0.39 is 0 Å². The van der Waals surface area contributed by atoms with Crippen molar-refractivity contribution in [1.29, 1.82) is 0 Å². The van der Waals surface area contributed by atoms with Crippen LogP contribution in [0.2, 0.25) is 0 Å². The lowest BCUT2D eigenvalue weighted by Gasteiger charge is -1.93. The maximum atomic E-state index is 5.37. The van der Waals surface area contributed by atoms with Crippen LogP contribution < -0.4 is 5.73 Å². The molecule has 0 spiro atoms. The highest BCUT2D eigenvalue weighted by molar-refractivity contribution is 9.11. The summed E-state index contributed by atoms with van der Waals surface area (Å²) in [6, 6.07) is 0. The summed E-state index contributed by atoms with van der Waals surface area (Å²) in [4.78, 5) is 4.28. The third-order valence-corrected chi connectivity index (χ3v) is 2.82. The second kappa shape index (κ2) is 4.85. The number of thiazole rings is 1. The first-order valence-corrected chi connectivity index (χ1v) is 5.30. The van der Waals surface area contributed by atoms with Gasteiger partial charge in [0.1, 0.15) is 0 Å². The van der Waals surface area contributed by atoms with E-state index in [1.54, 1.807) is 11.3 Å². The van der Waals surface area contributed by atoms with Crippen molar-refractivity contribution in [2.24, 2.45) is 5.73 Å². The molecule has 0 unspecified atom stereocenters. The lowest BCUT2D eigenvalue weighted by molar-refractivity contribution is 0.735. The number of rotatable bonds is 4. The zero-order chi connectivity index (χ0) is 8.10. The van der Waals surface area contributed by atoms with Gasteiger partial charge in [-0.2, -0.15) is 0 Å². The summed E-state index contributed by atoms with van der Waals surface area (Å²) < 4.78 is 0.972. The molecule has 4 heteroatoms. The Bertz CT molecular complexity index is 212. The summed E-state index contributed by atoms with van der Waals surface area (Å²) >= 11 is 4.96. The molecule has 0 radical (unpaired) electrons. The number of nitrogens with zero attached hydrogens (tertiary/aromatic N) is 1. The number of aryl methyl sites for hydroxylation is 1. The highest BCUT2D eigenvalue weighted by Crippen LogP contribution is 2.16. The van der Waals surface area contributed by atoms with Gasteiger partial charge in [0.25, 0.3) is 0 Å². The van der Waals surface area contributed by atoms with E-state index in [2.05, 4.69) is 26.3 Å². The fourth-order valence-electron chi connectivity index (χ4n) is 0.848. The maximum Gasteiger partial charge on any atom is 0.159 e. The van der Waals surface area contributed by atoms with Crippen LogP contribution in [0, 0.1) is 0 Å². The van der Waals surface area contributed by atoms with E-state index in [1.807, 2.05) is 0 Å². The highest BCUT2D eigenvalue weighted by Gasteiger charge is 1.97. The van der Waals surface area contributed by atoms with Gasteiger partial charge < -0.3 is 5.73 Å². The average Bonchev–Trinajstić information content (AvgIpc) is 2.37. The van der Waals surface area contributed by atoms with Crippen molar-refractivity contribution in [2.75, 3.05) is 6.54 Å². The fourth-order valence-corrected chi connectivity index (χ4v) is 1.93. The van der Waals surface area contributed by atoms with Gasteiger partial charge in [-0.3, -0.25) is 0 Å². The third kappa shape index (κ3) is 3.31. The van der Waals surface area contributed by atoms with Gasteiger partial charge in [-0.05, 0) is 41.7 Å². The number of unbranched alkanes of at least 4 members (excludes halogenated alkanes) is 1. The SMILES string of the molecule is NCCCCc1csc(Br)n1. The highest BCUT2D eigenvalue weighted by atomic mass is 79.9. The predicted molar refractivity (Wildman–Crippen MR) is 51.8 cm³/mol. The number of hydrogen-bond acceptors (Lipinski definition) is 3. The van der Waals surface area contributed by atoms with Crippen LogP contribution in [0.25, 0.3) is 0 Å². The van der Waals surface area contributed by atoms with E-state index in [1.165, 1.54) is 5.69 Å². The quantitative estimate of drug-likeness (QED) is 0.812. The van der Waals surface area contributed by atoms with Crippen LogP contribution in [0.4, 0.5) is 0 Å². The predicted octanol–water partition coefficient (Wildman–Crippen LogP) is 2.19. The Balaban J connectivity index is 2.27. The summed E-state index contributed by atoms with van der Waals surface area (Å²) in [5.41, 5.74) is 6.55. The first kappa shape index (κ1) is 9.16. The Morgan fingerprint density at radius 1 is 1.55 bits per heavy atom. The van der Waals surface area contributed by atoms with Crippen LogP contribution in [-0.4, -0.2) is 11.5 Å². The van der Waals surface area contributed by atoms with E-state index in [4.69, 9.17) is 5.73 Å². The summed E-state index contributed by atoms with van der Waals surface area (Å²) in [6.07, 6.45) is 3.29. The molecule has 0 atom stereocenters. The van der Waals surface area contributed by atoms with Crippen LogP contribution in [-0.2, 0) is 6.42 Å². The molecule has 0 saturated heterocycles. The summed E-state index contributed by atoms with van der Waals surface area (Å²) in [7, 11) is 0. The summed E-state index contributed by atoms with van der Waals surface area (Å²) in [5.74, 6) is 0. The van der Waals surface area contributed by atoms with E-state index >= 15 is 0 Å². The zero-order valence-electron chi connectivity index (χ0n) is 6.22. The first-order valence-electron chi connectivity index (χ1n) is 3.63. The molecule has 0 amide bonds. The van der Waals surface area contributed by atoms with E-state index in [-0.39, 0.29) is 0 Å². The molecule has 2 nitrogen and oxygen atoms in total. The minimum atomic E-state index is 0.783. The maximum absolute atomic E-state index is 5.37. The van der Waals surface area contributed by atoms with Crippen LogP contribution in [0.5, 0.6) is 0 Å². The minimum Gasteiger partial charge on any atom is -0.330 e. The minimum absolute atomic E-state index is 0.783. The Morgan fingerprint density at radius 2 is 2.36 bits per heavy atom. The van der Waals surface area contributed by atoms with Crippen LogP contribution in [0.1, 0.15) is 18.5 Å². The smallest absolute Gasteiger partial charge is 0.159 e. The molecule has 2 N–H and O–H groups in total. The summed E-state index contributed by atoms with van der Waals surface area (Å²) in [5, 5.41) is 2.08. The lowest BCUT2D eigenvalue weighted by atomic mass is 10.2. The van der Waals surface area contributed by atoms with Gasteiger partial charge >= 0.3 is 0 Å². The Labute approximate surface area is 79.0 Å². The van der Waals surface area contributed by atoms with Gasteiger partial charge in [0.15, 0.2) is 3.92 Å². The first-order chi connectivity index (χ1) is 5.33. The Hall–Kier alpha value is 0.0700. The average molecular weight is 235 g/mol. The van der Waals surface area contributed by atoms with Crippen molar-refractivity contribution < 1.29 is 0 Å². The molecular weight excluding hydrogens is 224 g/mol. The summed E-state index contributed by atoms with van der Waals surface area (Å²) in [6.45, 7) is 0.783. The monoisotopic (exact) mass is 234 g/mol. The topological polar surface area (TPSA) is 38.9 Å². The van der Waals surface area contributed by atoms with E-state index in [9.17, 15) is 0 Å². The number of hydrogen-bond donors (Lipinski definition) is 1. The Morgan fingerprint density at radius 3 is 2.91 bits per heavy atom. The molecule has 11 heavy (non-hydrogen) atoms. The van der Waals surface area contributed by atoms with Gasteiger partial charge in [-0.1, -0.05) is 0 Å². The van der Waals surface area contributed by atoms with Gasteiger partial charge in [-0.25, -0.2) is 4.98 Å².